The number of alkyl halides is 2. The highest BCUT2D eigenvalue weighted by molar-refractivity contribution is 6.02. The number of oxazole rings is 1. The number of carbonyl (C=O) groups excluding carboxylic acids is 1. The van der Waals surface area contributed by atoms with Gasteiger partial charge in [-0.3, -0.25) is 9.20 Å². The molecule has 1 fully saturated rings. The number of imidazole rings is 1. The van der Waals surface area contributed by atoms with E-state index in [1.54, 1.807) is 10.6 Å². The molecule has 3 aromatic rings. The maximum absolute atomic E-state index is 12.6. The van der Waals surface area contributed by atoms with Crippen LogP contribution in [0.15, 0.2) is 23.1 Å². The Kier molecular flexibility index (Phi) is 4.90. The van der Waals surface area contributed by atoms with Gasteiger partial charge >= 0.3 is 6.43 Å². The molecule has 1 aliphatic heterocycles. The van der Waals surface area contributed by atoms with Gasteiger partial charge in [0, 0.05) is 25.3 Å². The van der Waals surface area contributed by atoms with Crippen LogP contribution in [0.25, 0.3) is 5.65 Å². The summed E-state index contributed by atoms with van der Waals surface area (Å²) < 4.78 is 42.1. The third-order valence-electron chi connectivity index (χ3n) is 4.44. The normalized spacial score (nSPS) is 15.3. The molecule has 4 rings (SSSR count). The highest BCUT2D eigenvalue weighted by Gasteiger charge is 2.22. The Morgan fingerprint density at radius 1 is 1.29 bits per heavy atom. The molecule has 1 N–H and O–H groups in total. The highest BCUT2D eigenvalue weighted by Crippen LogP contribution is 2.29. The fraction of sp³-hybridized carbons (Fsp3) is 0.412. The molecule has 1 saturated heterocycles. The Labute approximate surface area is 157 Å². The number of fused-ring (bicyclic) bond motifs is 1. The quantitative estimate of drug-likeness (QED) is 0.711. The number of rotatable bonds is 5. The number of amides is 1. The second-order valence-corrected chi connectivity index (χ2v) is 6.24. The molecule has 1 amide bonds. The SMILES string of the molecule is COc1nc(NC(=O)c2coc(C(F)F)n2)cn2cc(C3CCOCC3)nc12. The first kappa shape index (κ1) is 18.3. The topological polar surface area (TPSA) is 104 Å². The highest BCUT2D eigenvalue weighted by atomic mass is 19.3. The van der Waals surface area contributed by atoms with Crippen LogP contribution in [0.5, 0.6) is 5.88 Å². The van der Waals surface area contributed by atoms with Crippen molar-refractivity contribution in [2.75, 3.05) is 25.6 Å². The number of halogens is 2. The Hall–Kier alpha value is -3.08. The summed E-state index contributed by atoms with van der Waals surface area (Å²) >= 11 is 0. The summed E-state index contributed by atoms with van der Waals surface area (Å²) in [6, 6.07) is 0. The van der Waals surface area contributed by atoms with Crippen molar-refractivity contribution in [1.29, 1.82) is 0 Å². The van der Waals surface area contributed by atoms with Gasteiger partial charge in [-0.25, -0.2) is 9.97 Å². The minimum absolute atomic E-state index is 0.159. The van der Waals surface area contributed by atoms with E-state index in [0.717, 1.165) is 24.8 Å². The van der Waals surface area contributed by atoms with E-state index >= 15 is 0 Å². The summed E-state index contributed by atoms with van der Waals surface area (Å²) in [5.41, 5.74) is 1.14. The standard InChI is InChI=1S/C17H17F2N5O4/c1-26-17-14-20-10(9-2-4-27-5-3-9)6-24(14)7-12(23-17)22-15(25)11-8-28-16(21-11)13(18)19/h6-9,13H,2-5H2,1H3,(H,22,25). The Morgan fingerprint density at radius 2 is 2.07 bits per heavy atom. The molecule has 0 bridgehead atoms. The Balaban J connectivity index is 1.60. The number of nitrogens with zero attached hydrogens (tertiary/aromatic N) is 4. The smallest absolute Gasteiger partial charge is 0.313 e. The zero-order valence-electron chi connectivity index (χ0n) is 14.9. The van der Waals surface area contributed by atoms with Crippen LogP contribution in [0.4, 0.5) is 14.6 Å². The van der Waals surface area contributed by atoms with Crippen LogP contribution in [0.2, 0.25) is 0 Å². The lowest BCUT2D eigenvalue weighted by atomic mass is 9.97. The first-order valence-corrected chi connectivity index (χ1v) is 8.61. The van der Waals surface area contributed by atoms with Crippen molar-refractivity contribution in [1.82, 2.24) is 19.4 Å². The number of hydrogen-bond acceptors (Lipinski definition) is 7. The second kappa shape index (κ2) is 7.50. The van der Waals surface area contributed by atoms with Crippen LogP contribution in [0, 0.1) is 0 Å². The van der Waals surface area contributed by atoms with Gasteiger partial charge in [0.1, 0.15) is 6.26 Å². The van der Waals surface area contributed by atoms with Crippen LogP contribution >= 0.6 is 0 Å². The third kappa shape index (κ3) is 3.52. The molecule has 28 heavy (non-hydrogen) atoms. The van der Waals surface area contributed by atoms with Gasteiger partial charge in [0.15, 0.2) is 11.5 Å². The van der Waals surface area contributed by atoms with Crippen LogP contribution in [-0.2, 0) is 4.74 Å². The molecule has 4 heterocycles. The summed E-state index contributed by atoms with van der Waals surface area (Å²) in [7, 11) is 1.45. The summed E-state index contributed by atoms with van der Waals surface area (Å²) in [6.45, 7) is 1.38. The minimum atomic E-state index is -2.90. The van der Waals surface area contributed by atoms with Gasteiger partial charge in [0.2, 0.25) is 5.65 Å². The van der Waals surface area contributed by atoms with E-state index in [1.165, 1.54) is 7.11 Å². The van der Waals surface area contributed by atoms with Crippen molar-refractivity contribution in [3.05, 3.63) is 35.9 Å². The molecule has 148 valence electrons. The number of hydrogen-bond donors (Lipinski definition) is 1. The largest absolute Gasteiger partial charge is 0.478 e. The van der Waals surface area contributed by atoms with E-state index in [4.69, 9.17) is 9.47 Å². The molecule has 9 nitrogen and oxygen atoms in total. The van der Waals surface area contributed by atoms with Crippen LogP contribution in [0.3, 0.4) is 0 Å². The van der Waals surface area contributed by atoms with Gasteiger partial charge in [-0.05, 0) is 12.8 Å². The van der Waals surface area contributed by atoms with Gasteiger partial charge in [-0.1, -0.05) is 0 Å². The molecular weight excluding hydrogens is 376 g/mol. The molecule has 0 spiro atoms. The number of carbonyl (C=O) groups is 1. The number of anilines is 1. The molecule has 1 aliphatic rings. The van der Waals surface area contributed by atoms with Gasteiger partial charge in [-0.15, -0.1) is 0 Å². The summed E-state index contributed by atoms with van der Waals surface area (Å²) in [6.07, 6.45) is 3.15. The summed E-state index contributed by atoms with van der Waals surface area (Å²) in [5, 5.41) is 2.50. The zero-order chi connectivity index (χ0) is 19.7. The summed E-state index contributed by atoms with van der Waals surface area (Å²) in [4.78, 5) is 24.5. The van der Waals surface area contributed by atoms with Crippen molar-refractivity contribution >= 4 is 17.4 Å². The lowest BCUT2D eigenvalue weighted by molar-refractivity contribution is 0.0846. The average Bonchev–Trinajstić information content (AvgIpc) is 3.35. The maximum Gasteiger partial charge on any atom is 0.313 e. The predicted molar refractivity (Wildman–Crippen MR) is 91.7 cm³/mol. The molecule has 0 radical (unpaired) electrons. The number of aromatic nitrogens is 4. The maximum atomic E-state index is 12.6. The van der Waals surface area contributed by atoms with E-state index in [1.807, 2.05) is 6.20 Å². The van der Waals surface area contributed by atoms with Crippen molar-refractivity contribution in [2.24, 2.45) is 0 Å². The third-order valence-corrected chi connectivity index (χ3v) is 4.44. The molecule has 3 aromatic heterocycles. The Morgan fingerprint density at radius 3 is 2.75 bits per heavy atom. The van der Waals surface area contributed by atoms with Crippen LogP contribution in [-0.4, -0.2) is 45.6 Å². The minimum Gasteiger partial charge on any atom is -0.478 e. The number of nitrogens with one attached hydrogen (secondary N) is 1. The van der Waals surface area contributed by atoms with Crippen molar-refractivity contribution in [3.63, 3.8) is 0 Å². The molecule has 0 aliphatic carbocycles. The first-order chi connectivity index (χ1) is 13.5. The lowest BCUT2D eigenvalue weighted by Gasteiger charge is -2.19. The van der Waals surface area contributed by atoms with E-state index in [9.17, 15) is 13.6 Å². The molecule has 0 saturated carbocycles. The van der Waals surface area contributed by atoms with E-state index in [-0.39, 0.29) is 23.3 Å². The molecule has 11 heteroatoms. The van der Waals surface area contributed by atoms with Crippen LogP contribution in [0.1, 0.15) is 47.3 Å². The Bertz CT molecular complexity index is 997. The molecular formula is C17H17F2N5O4. The average molecular weight is 393 g/mol. The van der Waals surface area contributed by atoms with Gasteiger partial charge < -0.3 is 19.2 Å². The summed E-state index contributed by atoms with van der Waals surface area (Å²) in [5.74, 6) is -0.883. The van der Waals surface area contributed by atoms with Gasteiger partial charge in [0.05, 0.1) is 19.0 Å². The molecule has 0 atom stereocenters. The van der Waals surface area contributed by atoms with Crippen molar-refractivity contribution < 1.29 is 27.5 Å². The fourth-order valence-corrected chi connectivity index (χ4v) is 3.05. The van der Waals surface area contributed by atoms with Gasteiger partial charge in [-0.2, -0.15) is 13.8 Å². The van der Waals surface area contributed by atoms with Crippen LogP contribution < -0.4 is 10.1 Å². The number of methoxy groups -OCH3 is 1. The zero-order valence-corrected chi connectivity index (χ0v) is 14.9. The van der Waals surface area contributed by atoms with Gasteiger partial charge in [0.25, 0.3) is 17.7 Å². The second-order valence-electron chi connectivity index (χ2n) is 6.24. The van der Waals surface area contributed by atoms with E-state index in [0.29, 0.717) is 18.9 Å². The van der Waals surface area contributed by atoms with Crippen molar-refractivity contribution in [2.45, 2.75) is 25.2 Å². The fourth-order valence-electron chi connectivity index (χ4n) is 3.05. The molecule has 0 aromatic carbocycles. The predicted octanol–water partition coefficient (Wildman–Crippen LogP) is 2.81. The van der Waals surface area contributed by atoms with Crippen molar-refractivity contribution in [3.8, 4) is 5.88 Å². The first-order valence-electron chi connectivity index (χ1n) is 8.61. The molecule has 0 unspecified atom stereocenters. The lowest BCUT2D eigenvalue weighted by Crippen LogP contribution is -2.14. The van der Waals surface area contributed by atoms with E-state index in [2.05, 4.69) is 24.7 Å². The monoisotopic (exact) mass is 393 g/mol. The van der Waals surface area contributed by atoms with E-state index < -0.39 is 18.2 Å². The number of ether oxygens (including phenoxy) is 2.